The van der Waals surface area contributed by atoms with Crippen LogP contribution in [0.15, 0.2) is 0 Å². The van der Waals surface area contributed by atoms with Gasteiger partial charge in [0.1, 0.15) is 0 Å². The standard InChI is InChI=1S/C32H66O/c1-5-6-7-8-9-15-18-21-24-27-31(2)28-25-22-19-16-13-11-10-12-14-17-20-23-26-29-32(3)30-33-4/h31-32H,5-30H2,1-4H3. The van der Waals surface area contributed by atoms with Crippen LogP contribution in [0.3, 0.4) is 0 Å². The Labute approximate surface area is 211 Å². The van der Waals surface area contributed by atoms with Crippen LogP contribution >= 0.6 is 0 Å². The summed E-state index contributed by atoms with van der Waals surface area (Å²) in [6, 6.07) is 0. The van der Waals surface area contributed by atoms with Crippen molar-refractivity contribution >= 4 is 0 Å². The zero-order valence-electron chi connectivity index (χ0n) is 23.9. The van der Waals surface area contributed by atoms with Crippen molar-refractivity contribution in [1.82, 2.24) is 0 Å². The third-order valence-corrected chi connectivity index (χ3v) is 7.65. The Bertz CT molecular complexity index is 339. The van der Waals surface area contributed by atoms with Crippen molar-refractivity contribution < 1.29 is 4.74 Å². The lowest BCUT2D eigenvalue weighted by Crippen LogP contribution is -2.02. The molecule has 0 aromatic carbocycles. The summed E-state index contributed by atoms with van der Waals surface area (Å²) in [5.74, 6) is 1.70. The molecule has 0 aliphatic rings. The first-order valence-corrected chi connectivity index (χ1v) is 15.7. The number of ether oxygens (including phenoxy) is 1. The molecule has 0 bridgehead atoms. The molecule has 0 amide bonds. The number of hydrogen-bond donors (Lipinski definition) is 0. The maximum atomic E-state index is 5.22. The van der Waals surface area contributed by atoms with Crippen molar-refractivity contribution in [2.75, 3.05) is 13.7 Å². The summed E-state index contributed by atoms with van der Waals surface area (Å²) in [6.45, 7) is 8.04. The van der Waals surface area contributed by atoms with E-state index in [1.165, 1.54) is 161 Å². The van der Waals surface area contributed by atoms with Crippen LogP contribution in [0.1, 0.15) is 181 Å². The molecule has 1 heteroatoms. The summed E-state index contributed by atoms with van der Waals surface area (Å²) in [5.41, 5.74) is 0. The highest BCUT2D eigenvalue weighted by Crippen LogP contribution is 2.19. The Morgan fingerprint density at radius 3 is 0.970 bits per heavy atom. The molecule has 0 aliphatic carbocycles. The molecule has 0 rings (SSSR count). The van der Waals surface area contributed by atoms with Crippen molar-refractivity contribution in [2.45, 2.75) is 181 Å². The van der Waals surface area contributed by atoms with Crippen LogP contribution in [-0.4, -0.2) is 13.7 Å². The number of rotatable bonds is 28. The molecule has 200 valence electrons. The molecule has 1 nitrogen and oxygen atoms in total. The van der Waals surface area contributed by atoms with Crippen LogP contribution in [0.4, 0.5) is 0 Å². The molecule has 0 N–H and O–H groups in total. The van der Waals surface area contributed by atoms with Crippen LogP contribution in [0.25, 0.3) is 0 Å². The van der Waals surface area contributed by atoms with E-state index in [0.717, 1.165) is 18.4 Å². The second kappa shape index (κ2) is 28.2. The van der Waals surface area contributed by atoms with Crippen LogP contribution in [0.2, 0.25) is 0 Å². The quantitative estimate of drug-likeness (QED) is 0.104. The number of unbranched alkanes of at least 4 members (excludes halogenated alkanes) is 20. The molecule has 0 saturated carbocycles. The van der Waals surface area contributed by atoms with Gasteiger partial charge in [0.05, 0.1) is 0 Å². The lowest BCUT2D eigenvalue weighted by atomic mass is 9.95. The van der Waals surface area contributed by atoms with Crippen LogP contribution in [0, 0.1) is 11.8 Å². The molecule has 2 unspecified atom stereocenters. The number of methoxy groups -OCH3 is 1. The third kappa shape index (κ3) is 28.1. The summed E-state index contributed by atoms with van der Waals surface area (Å²) in [7, 11) is 1.82. The van der Waals surface area contributed by atoms with E-state index >= 15 is 0 Å². The van der Waals surface area contributed by atoms with E-state index in [9.17, 15) is 0 Å². The van der Waals surface area contributed by atoms with Gasteiger partial charge in [-0.1, -0.05) is 175 Å². The molecule has 0 aliphatic heterocycles. The monoisotopic (exact) mass is 467 g/mol. The van der Waals surface area contributed by atoms with E-state index in [2.05, 4.69) is 20.8 Å². The minimum atomic E-state index is 0.739. The fourth-order valence-corrected chi connectivity index (χ4v) is 5.25. The van der Waals surface area contributed by atoms with Gasteiger partial charge >= 0.3 is 0 Å². The van der Waals surface area contributed by atoms with Crippen LogP contribution in [0.5, 0.6) is 0 Å². The highest BCUT2D eigenvalue weighted by Gasteiger charge is 2.03. The van der Waals surface area contributed by atoms with E-state index in [4.69, 9.17) is 4.74 Å². The van der Waals surface area contributed by atoms with Crippen molar-refractivity contribution in [2.24, 2.45) is 11.8 Å². The van der Waals surface area contributed by atoms with E-state index in [1.807, 2.05) is 7.11 Å². The Hall–Kier alpha value is -0.0400. The lowest BCUT2D eigenvalue weighted by molar-refractivity contribution is 0.154. The Kier molecular flexibility index (Phi) is 28.2. The minimum absolute atomic E-state index is 0.739. The van der Waals surface area contributed by atoms with Crippen molar-refractivity contribution in [1.29, 1.82) is 0 Å². The van der Waals surface area contributed by atoms with E-state index in [1.54, 1.807) is 0 Å². The van der Waals surface area contributed by atoms with Gasteiger partial charge in [-0.2, -0.15) is 0 Å². The Balaban J connectivity index is 3.15. The molecular formula is C32H66O. The molecule has 0 radical (unpaired) electrons. The third-order valence-electron chi connectivity index (χ3n) is 7.65. The normalized spacial score (nSPS) is 13.5. The summed E-state index contributed by atoms with van der Waals surface area (Å²) >= 11 is 0. The smallest absolute Gasteiger partial charge is 0.0487 e. The molecule has 33 heavy (non-hydrogen) atoms. The highest BCUT2D eigenvalue weighted by molar-refractivity contribution is 4.57. The first kappa shape index (κ1) is 33.0. The van der Waals surface area contributed by atoms with Crippen LogP contribution < -0.4 is 0 Å². The fourth-order valence-electron chi connectivity index (χ4n) is 5.25. The molecule has 0 aromatic rings. The first-order chi connectivity index (χ1) is 16.2. The minimum Gasteiger partial charge on any atom is -0.384 e. The van der Waals surface area contributed by atoms with Gasteiger partial charge in [0.25, 0.3) is 0 Å². The maximum Gasteiger partial charge on any atom is 0.0487 e. The molecule has 0 fully saturated rings. The molecule has 0 aromatic heterocycles. The van der Waals surface area contributed by atoms with Gasteiger partial charge in [0, 0.05) is 13.7 Å². The van der Waals surface area contributed by atoms with Crippen molar-refractivity contribution in [3.05, 3.63) is 0 Å². The van der Waals surface area contributed by atoms with Gasteiger partial charge in [-0.05, 0) is 18.3 Å². The van der Waals surface area contributed by atoms with Gasteiger partial charge in [-0.25, -0.2) is 0 Å². The first-order valence-electron chi connectivity index (χ1n) is 15.7. The predicted molar refractivity (Wildman–Crippen MR) is 151 cm³/mol. The van der Waals surface area contributed by atoms with Crippen LogP contribution in [-0.2, 0) is 4.74 Å². The summed E-state index contributed by atoms with van der Waals surface area (Å²) < 4.78 is 5.22. The van der Waals surface area contributed by atoms with Crippen molar-refractivity contribution in [3.8, 4) is 0 Å². The topological polar surface area (TPSA) is 9.23 Å². The van der Waals surface area contributed by atoms with Gasteiger partial charge in [0.2, 0.25) is 0 Å². The molecular weight excluding hydrogens is 400 g/mol. The summed E-state index contributed by atoms with van der Waals surface area (Å²) in [5, 5.41) is 0. The van der Waals surface area contributed by atoms with E-state index in [0.29, 0.717) is 0 Å². The number of hydrogen-bond acceptors (Lipinski definition) is 1. The Morgan fingerprint density at radius 2 is 0.667 bits per heavy atom. The fraction of sp³-hybridized carbons (Fsp3) is 1.00. The molecule has 0 spiro atoms. The molecule has 0 saturated heterocycles. The maximum absolute atomic E-state index is 5.22. The molecule has 0 heterocycles. The second-order valence-corrected chi connectivity index (χ2v) is 11.5. The van der Waals surface area contributed by atoms with Gasteiger partial charge in [-0.15, -0.1) is 0 Å². The molecule has 2 atom stereocenters. The predicted octanol–water partition coefficient (Wildman–Crippen LogP) is 11.7. The second-order valence-electron chi connectivity index (χ2n) is 11.5. The SMILES string of the molecule is CCCCCCCCCCCC(C)CCCCCCCCCCCCCCCC(C)COC. The van der Waals surface area contributed by atoms with E-state index < -0.39 is 0 Å². The van der Waals surface area contributed by atoms with Crippen molar-refractivity contribution in [3.63, 3.8) is 0 Å². The zero-order chi connectivity index (χ0) is 24.2. The largest absolute Gasteiger partial charge is 0.384 e. The highest BCUT2D eigenvalue weighted by atomic mass is 16.5. The van der Waals surface area contributed by atoms with E-state index in [-0.39, 0.29) is 0 Å². The Morgan fingerprint density at radius 1 is 0.394 bits per heavy atom. The summed E-state index contributed by atoms with van der Waals surface area (Å²) in [4.78, 5) is 0. The van der Waals surface area contributed by atoms with Gasteiger partial charge in [-0.3, -0.25) is 0 Å². The van der Waals surface area contributed by atoms with Gasteiger partial charge in [0.15, 0.2) is 0 Å². The van der Waals surface area contributed by atoms with Gasteiger partial charge < -0.3 is 4.74 Å². The average molecular weight is 467 g/mol. The lowest BCUT2D eigenvalue weighted by Gasteiger charge is -2.11. The zero-order valence-corrected chi connectivity index (χ0v) is 23.9. The summed E-state index contributed by atoms with van der Waals surface area (Å²) in [6.07, 6.45) is 36.4. The average Bonchev–Trinajstić information content (AvgIpc) is 2.80.